The van der Waals surface area contributed by atoms with E-state index in [1.165, 1.54) is 63.6 Å². The van der Waals surface area contributed by atoms with E-state index in [4.69, 9.17) is 0 Å². The summed E-state index contributed by atoms with van der Waals surface area (Å²) in [4.78, 5) is 2.55. The fourth-order valence-electron chi connectivity index (χ4n) is 4.40. The smallest absolute Gasteiger partial charge is 0.000926 e. The first-order valence-corrected chi connectivity index (χ1v) is 8.53. The second-order valence-electron chi connectivity index (χ2n) is 7.14. The molecule has 1 aromatic carbocycles. The van der Waals surface area contributed by atoms with Crippen molar-refractivity contribution in [3.63, 3.8) is 0 Å². The third-order valence-electron chi connectivity index (χ3n) is 5.59. The topological polar surface area (TPSA) is 3.24 Å². The Labute approximate surface area is 124 Å². The van der Waals surface area contributed by atoms with Crippen molar-refractivity contribution in [2.45, 2.75) is 44.9 Å². The first kappa shape index (κ1) is 14.1. The van der Waals surface area contributed by atoms with Gasteiger partial charge in [-0.2, -0.15) is 0 Å². The molecule has 1 saturated carbocycles. The predicted molar refractivity (Wildman–Crippen MR) is 85.8 cm³/mol. The van der Waals surface area contributed by atoms with Gasteiger partial charge in [0.1, 0.15) is 0 Å². The largest absolute Gasteiger partial charge is 0.306 e. The first-order valence-electron chi connectivity index (χ1n) is 8.53. The van der Waals surface area contributed by atoms with Crippen molar-refractivity contribution in [3.05, 3.63) is 35.9 Å². The molecule has 1 saturated heterocycles. The molecule has 20 heavy (non-hydrogen) atoms. The molecule has 3 rings (SSSR count). The van der Waals surface area contributed by atoms with Gasteiger partial charge in [-0.1, -0.05) is 30.3 Å². The molecule has 1 unspecified atom stereocenters. The fraction of sp³-hybridized carbons (Fsp3) is 0.684. The maximum Gasteiger partial charge on any atom is 0.000926 e. The lowest BCUT2D eigenvalue weighted by Gasteiger charge is -2.38. The molecule has 0 aromatic heterocycles. The third kappa shape index (κ3) is 3.63. The van der Waals surface area contributed by atoms with Crippen molar-refractivity contribution in [2.75, 3.05) is 20.1 Å². The zero-order valence-electron chi connectivity index (χ0n) is 12.9. The Balaban J connectivity index is 1.47. The van der Waals surface area contributed by atoms with Gasteiger partial charge in [0.25, 0.3) is 0 Å². The Morgan fingerprint density at radius 3 is 2.40 bits per heavy atom. The van der Waals surface area contributed by atoms with E-state index in [1.807, 2.05) is 0 Å². The quantitative estimate of drug-likeness (QED) is 0.788. The summed E-state index contributed by atoms with van der Waals surface area (Å²) in [5.41, 5.74) is 1.54. The average Bonchev–Trinajstić information content (AvgIpc) is 2.49. The molecule has 0 N–H and O–H groups in total. The van der Waals surface area contributed by atoms with E-state index < -0.39 is 0 Å². The zero-order chi connectivity index (χ0) is 13.8. The van der Waals surface area contributed by atoms with Crippen LogP contribution in [0.15, 0.2) is 30.3 Å². The summed E-state index contributed by atoms with van der Waals surface area (Å²) in [5.74, 6) is 2.95. The highest BCUT2D eigenvalue weighted by Crippen LogP contribution is 2.38. The van der Waals surface area contributed by atoms with E-state index in [0.717, 1.165) is 17.8 Å². The Morgan fingerprint density at radius 2 is 1.70 bits per heavy atom. The highest BCUT2D eigenvalue weighted by Gasteiger charge is 2.29. The molecule has 1 atom stereocenters. The molecule has 2 aliphatic rings. The monoisotopic (exact) mass is 271 g/mol. The van der Waals surface area contributed by atoms with E-state index in [-0.39, 0.29) is 0 Å². The van der Waals surface area contributed by atoms with Gasteiger partial charge in [-0.25, -0.2) is 0 Å². The number of rotatable bonds is 3. The highest BCUT2D eigenvalue weighted by atomic mass is 15.1. The second-order valence-corrected chi connectivity index (χ2v) is 7.14. The highest BCUT2D eigenvalue weighted by molar-refractivity contribution is 5.15. The van der Waals surface area contributed by atoms with Gasteiger partial charge in [0.05, 0.1) is 0 Å². The average molecular weight is 271 g/mol. The summed E-state index contributed by atoms with van der Waals surface area (Å²) >= 11 is 0. The fourth-order valence-corrected chi connectivity index (χ4v) is 4.40. The van der Waals surface area contributed by atoms with Gasteiger partial charge >= 0.3 is 0 Å². The third-order valence-corrected chi connectivity index (χ3v) is 5.59. The van der Waals surface area contributed by atoms with Crippen LogP contribution in [0.25, 0.3) is 0 Å². The predicted octanol–water partition coefficient (Wildman–Crippen LogP) is 4.38. The van der Waals surface area contributed by atoms with E-state index in [2.05, 4.69) is 42.3 Å². The van der Waals surface area contributed by atoms with Crippen molar-refractivity contribution in [3.8, 4) is 0 Å². The lowest BCUT2D eigenvalue weighted by molar-refractivity contribution is 0.120. The van der Waals surface area contributed by atoms with Gasteiger partial charge in [0.2, 0.25) is 0 Å². The molecule has 110 valence electrons. The number of hydrogen-bond donors (Lipinski definition) is 0. The standard InChI is InChI=1S/C19H29N/c1-20-13-5-8-19(15-20)18-11-9-17(10-12-18)14-16-6-3-2-4-7-16/h2-4,6-7,17-19H,5,8-15H2,1H3. The SMILES string of the molecule is CN1CCCC(C2CCC(Cc3ccccc3)CC2)C1. The van der Waals surface area contributed by atoms with Crippen molar-refractivity contribution < 1.29 is 0 Å². The van der Waals surface area contributed by atoms with E-state index in [0.29, 0.717) is 0 Å². The number of benzene rings is 1. The Bertz CT molecular complexity index is 391. The summed E-state index contributed by atoms with van der Waals surface area (Å²) in [6.07, 6.45) is 10.1. The lowest BCUT2D eigenvalue weighted by atomic mass is 9.72. The summed E-state index contributed by atoms with van der Waals surface area (Å²) < 4.78 is 0. The maximum atomic E-state index is 2.55. The van der Waals surface area contributed by atoms with Crippen LogP contribution in [-0.2, 0) is 6.42 Å². The van der Waals surface area contributed by atoms with Gasteiger partial charge in [0.15, 0.2) is 0 Å². The van der Waals surface area contributed by atoms with Gasteiger partial charge in [0, 0.05) is 6.54 Å². The minimum absolute atomic E-state index is 0.940. The Morgan fingerprint density at radius 1 is 0.950 bits per heavy atom. The van der Waals surface area contributed by atoms with Crippen LogP contribution in [0.3, 0.4) is 0 Å². The molecule has 1 heterocycles. The van der Waals surface area contributed by atoms with Crippen molar-refractivity contribution in [1.29, 1.82) is 0 Å². The molecular weight excluding hydrogens is 242 g/mol. The minimum atomic E-state index is 0.940. The number of piperidine rings is 1. The van der Waals surface area contributed by atoms with Gasteiger partial charge in [-0.15, -0.1) is 0 Å². The van der Waals surface area contributed by atoms with Crippen LogP contribution in [0, 0.1) is 17.8 Å². The number of likely N-dealkylation sites (tertiary alicyclic amines) is 1. The van der Waals surface area contributed by atoms with Crippen molar-refractivity contribution in [2.24, 2.45) is 17.8 Å². The van der Waals surface area contributed by atoms with Crippen LogP contribution in [-0.4, -0.2) is 25.0 Å². The van der Waals surface area contributed by atoms with Crippen LogP contribution in [0.5, 0.6) is 0 Å². The molecule has 2 fully saturated rings. The molecule has 1 aliphatic heterocycles. The lowest BCUT2D eigenvalue weighted by Crippen LogP contribution is -2.37. The molecule has 0 radical (unpaired) electrons. The van der Waals surface area contributed by atoms with Crippen LogP contribution >= 0.6 is 0 Å². The van der Waals surface area contributed by atoms with E-state index in [1.54, 1.807) is 0 Å². The molecule has 0 spiro atoms. The summed E-state index contributed by atoms with van der Waals surface area (Å²) in [6.45, 7) is 2.67. The molecule has 0 bridgehead atoms. The molecular formula is C19H29N. The maximum absolute atomic E-state index is 2.55. The van der Waals surface area contributed by atoms with Crippen molar-refractivity contribution >= 4 is 0 Å². The van der Waals surface area contributed by atoms with Gasteiger partial charge in [-0.05, 0) is 81.9 Å². The van der Waals surface area contributed by atoms with Crippen LogP contribution in [0.1, 0.15) is 44.1 Å². The molecule has 1 aliphatic carbocycles. The number of nitrogens with zero attached hydrogens (tertiary/aromatic N) is 1. The van der Waals surface area contributed by atoms with Crippen LogP contribution in [0.2, 0.25) is 0 Å². The summed E-state index contributed by atoms with van der Waals surface area (Å²) in [7, 11) is 2.30. The Kier molecular flexibility index (Phi) is 4.77. The zero-order valence-corrected chi connectivity index (χ0v) is 12.9. The van der Waals surface area contributed by atoms with E-state index in [9.17, 15) is 0 Å². The van der Waals surface area contributed by atoms with Crippen LogP contribution in [0.4, 0.5) is 0 Å². The number of hydrogen-bond acceptors (Lipinski definition) is 1. The van der Waals surface area contributed by atoms with Crippen molar-refractivity contribution in [1.82, 2.24) is 4.90 Å². The molecule has 1 nitrogen and oxygen atoms in total. The van der Waals surface area contributed by atoms with E-state index >= 15 is 0 Å². The van der Waals surface area contributed by atoms with Crippen LogP contribution < -0.4 is 0 Å². The molecule has 1 heteroatoms. The summed E-state index contributed by atoms with van der Waals surface area (Å²) in [5, 5.41) is 0. The molecule has 0 amide bonds. The Hall–Kier alpha value is -0.820. The minimum Gasteiger partial charge on any atom is -0.306 e. The van der Waals surface area contributed by atoms with Gasteiger partial charge in [-0.3, -0.25) is 0 Å². The van der Waals surface area contributed by atoms with Gasteiger partial charge < -0.3 is 4.90 Å². The normalized spacial score (nSPS) is 32.1. The summed E-state index contributed by atoms with van der Waals surface area (Å²) in [6, 6.07) is 11.1. The second kappa shape index (κ2) is 6.76. The molecule has 1 aromatic rings. The first-order chi connectivity index (χ1) is 9.81.